The first kappa shape index (κ1) is 18.3. The molecule has 0 atom stereocenters. The van der Waals surface area contributed by atoms with Gasteiger partial charge in [-0.1, -0.05) is 6.07 Å². The van der Waals surface area contributed by atoms with Crippen molar-refractivity contribution in [3.05, 3.63) is 66.2 Å². The number of rotatable bonds is 4. The molecule has 9 heteroatoms. The van der Waals surface area contributed by atoms with Crippen LogP contribution in [-0.4, -0.2) is 56.9 Å². The SMILES string of the molecule is N#Cc1cccc(Nc2nccc(C(=O)N3CCN(c4ncccn4)CC3)n2)c1. The molecule has 1 amide bonds. The highest BCUT2D eigenvalue weighted by atomic mass is 16.2. The number of hydrogen-bond acceptors (Lipinski definition) is 8. The van der Waals surface area contributed by atoms with Crippen molar-refractivity contribution in [2.45, 2.75) is 0 Å². The smallest absolute Gasteiger partial charge is 0.272 e. The Hall–Kier alpha value is -4.06. The molecule has 1 aliphatic rings. The summed E-state index contributed by atoms with van der Waals surface area (Å²) in [5.74, 6) is 0.838. The summed E-state index contributed by atoms with van der Waals surface area (Å²) >= 11 is 0. The van der Waals surface area contributed by atoms with Crippen molar-refractivity contribution in [3.63, 3.8) is 0 Å². The first-order chi connectivity index (χ1) is 14.2. The molecule has 9 nitrogen and oxygen atoms in total. The topological polar surface area (TPSA) is 111 Å². The number of nitrogens with one attached hydrogen (secondary N) is 1. The Morgan fingerprint density at radius 2 is 1.79 bits per heavy atom. The van der Waals surface area contributed by atoms with Crippen LogP contribution in [0.1, 0.15) is 16.1 Å². The Morgan fingerprint density at radius 1 is 1.00 bits per heavy atom. The van der Waals surface area contributed by atoms with Gasteiger partial charge >= 0.3 is 0 Å². The summed E-state index contributed by atoms with van der Waals surface area (Å²) in [5, 5.41) is 12.0. The minimum absolute atomic E-state index is 0.144. The van der Waals surface area contributed by atoms with E-state index in [1.54, 1.807) is 53.8 Å². The van der Waals surface area contributed by atoms with E-state index in [0.29, 0.717) is 55.0 Å². The summed E-state index contributed by atoms with van der Waals surface area (Å²) in [6, 6.07) is 12.5. The number of nitriles is 1. The fraction of sp³-hybridized carbons (Fsp3) is 0.200. The fourth-order valence-corrected chi connectivity index (χ4v) is 3.06. The lowest BCUT2D eigenvalue weighted by molar-refractivity contribution is 0.0740. The predicted octanol–water partition coefficient (Wildman–Crippen LogP) is 1.84. The first-order valence-electron chi connectivity index (χ1n) is 9.14. The summed E-state index contributed by atoms with van der Waals surface area (Å²) in [5.41, 5.74) is 1.54. The van der Waals surface area contributed by atoms with E-state index >= 15 is 0 Å². The van der Waals surface area contributed by atoms with Crippen molar-refractivity contribution in [2.75, 3.05) is 36.4 Å². The molecule has 0 unspecified atom stereocenters. The maximum Gasteiger partial charge on any atom is 0.272 e. The zero-order chi connectivity index (χ0) is 20.1. The van der Waals surface area contributed by atoms with E-state index in [1.165, 1.54) is 0 Å². The minimum Gasteiger partial charge on any atom is -0.337 e. The molecule has 3 heterocycles. The maximum absolute atomic E-state index is 12.9. The predicted molar refractivity (Wildman–Crippen MR) is 107 cm³/mol. The molecular weight excluding hydrogens is 368 g/mol. The number of piperazine rings is 1. The average molecular weight is 386 g/mol. The molecule has 0 bridgehead atoms. The Kier molecular flexibility index (Phi) is 5.25. The highest BCUT2D eigenvalue weighted by Gasteiger charge is 2.24. The molecule has 1 aromatic carbocycles. The quantitative estimate of drug-likeness (QED) is 0.723. The van der Waals surface area contributed by atoms with Gasteiger partial charge in [0.1, 0.15) is 5.69 Å². The fourth-order valence-electron chi connectivity index (χ4n) is 3.06. The van der Waals surface area contributed by atoms with Gasteiger partial charge in [-0.2, -0.15) is 5.26 Å². The second-order valence-corrected chi connectivity index (χ2v) is 6.41. The number of carbonyl (C=O) groups is 1. The van der Waals surface area contributed by atoms with Crippen LogP contribution in [0, 0.1) is 11.3 Å². The molecule has 1 aliphatic heterocycles. The van der Waals surface area contributed by atoms with Gasteiger partial charge in [0.2, 0.25) is 11.9 Å². The molecule has 1 N–H and O–H groups in total. The summed E-state index contributed by atoms with van der Waals surface area (Å²) < 4.78 is 0. The molecule has 4 rings (SSSR count). The van der Waals surface area contributed by atoms with E-state index in [9.17, 15) is 4.79 Å². The normalized spacial score (nSPS) is 13.6. The lowest BCUT2D eigenvalue weighted by atomic mass is 10.2. The third kappa shape index (κ3) is 4.27. The van der Waals surface area contributed by atoms with Gasteiger partial charge in [-0.3, -0.25) is 4.79 Å². The zero-order valence-corrected chi connectivity index (χ0v) is 15.6. The van der Waals surface area contributed by atoms with Crippen LogP contribution in [0.2, 0.25) is 0 Å². The number of aromatic nitrogens is 4. The highest BCUT2D eigenvalue weighted by Crippen LogP contribution is 2.16. The van der Waals surface area contributed by atoms with Crippen molar-refractivity contribution >= 4 is 23.5 Å². The van der Waals surface area contributed by atoms with Crippen LogP contribution in [0.25, 0.3) is 0 Å². The lowest BCUT2D eigenvalue weighted by Gasteiger charge is -2.34. The Morgan fingerprint density at radius 3 is 2.55 bits per heavy atom. The summed E-state index contributed by atoms with van der Waals surface area (Å²) in [6.07, 6.45) is 4.97. The largest absolute Gasteiger partial charge is 0.337 e. The molecule has 0 radical (unpaired) electrons. The zero-order valence-electron chi connectivity index (χ0n) is 15.6. The Balaban J connectivity index is 1.42. The lowest BCUT2D eigenvalue weighted by Crippen LogP contribution is -2.49. The number of nitrogens with zero attached hydrogens (tertiary/aromatic N) is 7. The number of amides is 1. The molecule has 3 aromatic rings. The van der Waals surface area contributed by atoms with Crippen LogP contribution in [0.15, 0.2) is 55.0 Å². The van der Waals surface area contributed by atoms with E-state index < -0.39 is 0 Å². The molecule has 0 spiro atoms. The monoisotopic (exact) mass is 386 g/mol. The molecule has 1 fully saturated rings. The van der Waals surface area contributed by atoms with Gasteiger partial charge in [-0.15, -0.1) is 0 Å². The molecule has 1 saturated heterocycles. The van der Waals surface area contributed by atoms with Crippen molar-refractivity contribution in [1.82, 2.24) is 24.8 Å². The molecule has 29 heavy (non-hydrogen) atoms. The van der Waals surface area contributed by atoms with Crippen molar-refractivity contribution in [3.8, 4) is 6.07 Å². The van der Waals surface area contributed by atoms with Crippen LogP contribution in [0.4, 0.5) is 17.6 Å². The second kappa shape index (κ2) is 8.31. The van der Waals surface area contributed by atoms with E-state index in [4.69, 9.17) is 5.26 Å². The second-order valence-electron chi connectivity index (χ2n) is 6.41. The minimum atomic E-state index is -0.144. The number of anilines is 3. The molecule has 144 valence electrons. The first-order valence-corrected chi connectivity index (χ1v) is 9.14. The van der Waals surface area contributed by atoms with E-state index in [2.05, 4.69) is 36.2 Å². The van der Waals surface area contributed by atoms with Crippen LogP contribution in [-0.2, 0) is 0 Å². The van der Waals surface area contributed by atoms with E-state index in [0.717, 1.165) is 0 Å². The Labute approximate surface area is 167 Å². The molecule has 0 saturated carbocycles. The third-order valence-electron chi connectivity index (χ3n) is 4.52. The van der Waals surface area contributed by atoms with Crippen molar-refractivity contribution in [1.29, 1.82) is 5.26 Å². The third-order valence-corrected chi connectivity index (χ3v) is 4.52. The van der Waals surface area contributed by atoms with Crippen LogP contribution < -0.4 is 10.2 Å². The number of benzene rings is 1. The van der Waals surface area contributed by atoms with Gasteiger partial charge in [0.05, 0.1) is 11.6 Å². The standard InChI is InChI=1S/C20H18N8O/c21-14-15-3-1-4-16(13-15)25-19-22-8-5-17(26-19)18(29)27-9-11-28(12-10-27)20-23-6-2-7-24-20/h1-8,13H,9-12H2,(H,22,25,26). The maximum atomic E-state index is 12.9. The van der Waals surface area contributed by atoms with Gasteiger partial charge < -0.3 is 15.1 Å². The van der Waals surface area contributed by atoms with Gasteiger partial charge in [0, 0.05) is 50.5 Å². The van der Waals surface area contributed by atoms with Crippen molar-refractivity contribution in [2.24, 2.45) is 0 Å². The molecule has 2 aromatic heterocycles. The summed E-state index contributed by atoms with van der Waals surface area (Å²) in [6.45, 7) is 2.45. The number of carbonyl (C=O) groups excluding carboxylic acids is 1. The van der Waals surface area contributed by atoms with Crippen molar-refractivity contribution < 1.29 is 4.79 Å². The van der Waals surface area contributed by atoms with Gasteiger partial charge in [-0.25, -0.2) is 19.9 Å². The molecule has 0 aliphatic carbocycles. The van der Waals surface area contributed by atoms with Gasteiger partial charge in [-0.05, 0) is 30.3 Å². The highest BCUT2D eigenvalue weighted by molar-refractivity contribution is 5.92. The Bertz CT molecular complexity index is 1040. The number of hydrogen-bond donors (Lipinski definition) is 1. The average Bonchev–Trinajstić information content (AvgIpc) is 2.79. The van der Waals surface area contributed by atoms with E-state index in [1.807, 2.05) is 6.07 Å². The summed E-state index contributed by atoms with van der Waals surface area (Å²) in [4.78, 5) is 33.7. The van der Waals surface area contributed by atoms with Crippen LogP contribution in [0.3, 0.4) is 0 Å². The molecular formula is C20H18N8O. The van der Waals surface area contributed by atoms with Gasteiger partial charge in [0.15, 0.2) is 0 Å². The van der Waals surface area contributed by atoms with Crippen LogP contribution >= 0.6 is 0 Å². The summed E-state index contributed by atoms with van der Waals surface area (Å²) in [7, 11) is 0. The van der Waals surface area contributed by atoms with E-state index in [-0.39, 0.29) is 5.91 Å². The van der Waals surface area contributed by atoms with Gasteiger partial charge in [0.25, 0.3) is 5.91 Å². The van der Waals surface area contributed by atoms with Crippen LogP contribution in [0.5, 0.6) is 0 Å².